The van der Waals surface area contributed by atoms with Crippen LogP contribution >= 0.6 is 39.1 Å². The van der Waals surface area contributed by atoms with Crippen molar-refractivity contribution in [2.75, 3.05) is 0 Å². The molecule has 1 aromatic heterocycles. The molecule has 1 aromatic rings. The smallest absolute Gasteiger partial charge is 0.172 e. The molecule has 0 spiro atoms. The normalized spacial score (nSPS) is 9.90. The molecule has 2 nitrogen and oxygen atoms in total. The van der Waals surface area contributed by atoms with E-state index in [-0.39, 0.29) is 10.9 Å². The zero-order chi connectivity index (χ0) is 7.72. The predicted octanol–water partition coefficient (Wildman–Crippen LogP) is 2.86. The van der Waals surface area contributed by atoms with Crippen molar-refractivity contribution < 1.29 is 5.11 Å². The van der Waals surface area contributed by atoms with Crippen LogP contribution in [0.4, 0.5) is 0 Å². The average Bonchev–Trinajstić information content (AvgIpc) is 1.84. The molecule has 1 N–H and O–H groups in total. The minimum Gasteiger partial charge on any atom is -0.505 e. The SMILES string of the molecule is Oc1cc(Cl)c(Br)nc1Cl. The zero-order valence-electron chi connectivity index (χ0n) is 4.61. The van der Waals surface area contributed by atoms with Crippen LogP contribution in [0.2, 0.25) is 10.2 Å². The van der Waals surface area contributed by atoms with E-state index in [1.807, 2.05) is 0 Å². The number of hydrogen-bond donors (Lipinski definition) is 1. The van der Waals surface area contributed by atoms with Crippen LogP contribution in [-0.2, 0) is 0 Å². The van der Waals surface area contributed by atoms with Crippen LogP contribution in [0.1, 0.15) is 0 Å². The third-order valence-electron chi connectivity index (χ3n) is 0.868. The first-order valence-corrected chi connectivity index (χ1v) is 3.86. The largest absolute Gasteiger partial charge is 0.505 e. The van der Waals surface area contributed by atoms with Crippen LogP contribution in [0.15, 0.2) is 10.7 Å². The van der Waals surface area contributed by atoms with Gasteiger partial charge >= 0.3 is 0 Å². The first-order valence-electron chi connectivity index (χ1n) is 2.32. The van der Waals surface area contributed by atoms with Gasteiger partial charge in [-0.1, -0.05) is 23.2 Å². The fraction of sp³-hybridized carbons (Fsp3) is 0. The molecule has 0 aliphatic carbocycles. The molecule has 0 atom stereocenters. The van der Waals surface area contributed by atoms with Gasteiger partial charge in [-0.25, -0.2) is 4.98 Å². The number of hydrogen-bond acceptors (Lipinski definition) is 2. The number of aromatic nitrogens is 1. The molecule has 0 fully saturated rings. The second kappa shape index (κ2) is 2.95. The summed E-state index contributed by atoms with van der Waals surface area (Å²) in [6, 6.07) is 1.32. The molecule has 0 saturated heterocycles. The zero-order valence-corrected chi connectivity index (χ0v) is 7.70. The van der Waals surface area contributed by atoms with Crippen molar-refractivity contribution in [3.63, 3.8) is 0 Å². The molecule has 0 aliphatic heterocycles. The molecule has 0 bridgehead atoms. The van der Waals surface area contributed by atoms with E-state index in [1.54, 1.807) is 0 Å². The molecule has 54 valence electrons. The van der Waals surface area contributed by atoms with Crippen LogP contribution in [0.5, 0.6) is 5.75 Å². The van der Waals surface area contributed by atoms with Gasteiger partial charge in [-0.15, -0.1) is 0 Å². The van der Waals surface area contributed by atoms with Crippen molar-refractivity contribution in [1.29, 1.82) is 0 Å². The van der Waals surface area contributed by atoms with Crippen LogP contribution in [-0.4, -0.2) is 10.1 Å². The molecule has 0 amide bonds. The monoisotopic (exact) mass is 241 g/mol. The standard InChI is InChI=1S/C5H2BrCl2NO/c6-4-2(7)1-3(10)5(8)9-4/h1,10H. The maximum atomic E-state index is 8.92. The van der Waals surface area contributed by atoms with Crippen LogP contribution in [0.3, 0.4) is 0 Å². The molecule has 0 saturated carbocycles. The Morgan fingerprint density at radius 2 is 2.10 bits per heavy atom. The second-order valence-electron chi connectivity index (χ2n) is 1.57. The molecule has 0 unspecified atom stereocenters. The van der Waals surface area contributed by atoms with Gasteiger partial charge in [0.05, 0.1) is 5.02 Å². The summed E-state index contributed by atoms with van der Waals surface area (Å²) in [4.78, 5) is 3.67. The van der Waals surface area contributed by atoms with Gasteiger partial charge < -0.3 is 5.11 Å². The van der Waals surface area contributed by atoms with Gasteiger partial charge in [0.15, 0.2) is 10.9 Å². The van der Waals surface area contributed by atoms with E-state index in [1.165, 1.54) is 6.07 Å². The minimum atomic E-state index is -0.116. The van der Waals surface area contributed by atoms with Crippen molar-refractivity contribution in [1.82, 2.24) is 4.98 Å². The van der Waals surface area contributed by atoms with Crippen molar-refractivity contribution in [2.24, 2.45) is 0 Å². The molecular weight excluding hydrogens is 241 g/mol. The number of aromatic hydroxyl groups is 1. The Hall–Kier alpha value is 0.01000. The Kier molecular flexibility index (Phi) is 2.39. The fourth-order valence-corrected chi connectivity index (χ4v) is 1.11. The van der Waals surface area contributed by atoms with E-state index < -0.39 is 0 Å². The molecule has 1 heterocycles. The molecule has 10 heavy (non-hydrogen) atoms. The summed E-state index contributed by atoms with van der Waals surface area (Å²) in [5, 5.41) is 9.30. The van der Waals surface area contributed by atoms with Gasteiger partial charge in [0.25, 0.3) is 0 Å². The van der Waals surface area contributed by atoms with Gasteiger partial charge in [0.2, 0.25) is 0 Å². The number of halogens is 3. The van der Waals surface area contributed by atoms with Crippen molar-refractivity contribution in [3.8, 4) is 5.75 Å². The van der Waals surface area contributed by atoms with E-state index in [0.29, 0.717) is 9.63 Å². The lowest BCUT2D eigenvalue weighted by atomic mass is 10.5. The Morgan fingerprint density at radius 3 is 2.60 bits per heavy atom. The predicted molar refractivity (Wildman–Crippen MR) is 43.6 cm³/mol. The molecule has 5 heteroatoms. The van der Waals surface area contributed by atoms with Gasteiger partial charge in [-0.05, 0) is 15.9 Å². The summed E-state index contributed by atoms with van der Waals surface area (Å²) in [7, 11) is 0. The molecule has 0 radical (unpaired) electrons. The molecule has 0 aliphatic rings. The van der Waals surface area contributed by atoms with E-state index in [2.05, 4.69) is 20.9 Å². The first-order chi connectivity index (χ1) is 4.61. The maximum Gasteiger partial charge on any atom is 0.172 e. The summed E-state index contributed by atoms with van der Waals surface area (Å²) in [5.41, 5.74) is 0. The van der Waals surface area contributed by atoms with Gasteiger partial charge in [0.1, 0.15) is 4.60 Å². The molecular formula is C5H2BrCl2NO. The third-order valence-corrected chi connectivity index (χ3v) is 2.27. The number of pyridine rings is 1. The minimum absolute atomic E-state index is 0.0382. The summed E-state index contributed by atoms with van der Waals surface area (Å²) in [5.74, 6) is -0.116. The highest BCUT2D eigenvalue weighted by atomic mass is 79.9. The Balaban J connectivity index is 3.28. The van der Waals surface area contributed by atoms with E-state index in [4.69, 9.17) is 28.3 Å². The molecule has 1 rings (SSSR count). The Labute approximate surface area is 75.9 Å². The van der Waals surface area contributed by atoms with Gasteiger partial charge in [-0.2, -0.15) is 0 Å². The summed E-state index contributed by atoms with van der Waals surface area (Å²) >= 11 is 14.0. The lowest BCUT2D eigenvalue weighted by Crippen LogP contribution is -1.78. The van der Waals surface area contributed by atoms with Crippen molar-refractivity contribution in [3.05, 3.63) is 20.8 Å². The topological polar surface area (TPSA) is 33.1 Å². The van der Waals surface area contributed by atoms with Gasteiger partial charge in [0, 0.05) is 6.07 Å². The highest BCUT2D eigenvalue weighted by Crippen LogP contribution is 2.29. The van der Waals surface area contributed by atoms with E-state index in [9.17, 15) is 0 Å². The van der Waals surface area contributed by atoms with Crippen LogP contribution < -0.4 is 0 Å². The number of nitrogens with zero attached hydrogens (tertiary/aromatic N) is 1. The Bertz CT molecular complexity index is 216. The van der Waals surface area contributed by atoms with Crippen LogP contribution in [0.25, 0.3) is 0 Å². The average molecular weight is 243 g/mol. The second-order valence-corrected chi connectivity index (χ2v) is 3.09. The summed E-state index contributed by atoms with van der Waals surface area (Å²) in [6.07, 6.45) is 0. The van der Waals surface area contributed by atoms with Gasteiger partial charge in [-0.3, -0.25) is 0 Å². The maximum absolute atomic E-state index is 8.92. The third kappa shape index (κ3) is 1.54. The fourth-order valence-electron chi connectivity index (χ4n) is 0.436. The highest BCUT2D eigenvalue weighted by Gasteiger charge is 2.04. The van der Waals surface area contributed by atoms with E-state index in [0.717, 1.165) is 0 Å². The summed E-state index contributed by atoms with van der Waals surface area (Å²) < 4.78 is 0.428. The highest BCUT2D eigenvalue weighted by molar-refractivity contribution is 9.10. The quantitative estimate of drug-likeness (QED) is 0.710. The number of rotatable bonds is 0. The van der Waals surface area contributed by atoms with Crippen LogP contribution in [0, 0.1) is 0 Å². The Morgan fingerprint density at radius 1 is 1.50 bits per heavy atom. The lowest BCUT2D eigenvalue weighted by molar-refractivity contribution is 0.473. The first kappa shape index (κ1) is 8.11. The molecule has 0 aromatic carbocycles. The lowest BCUT2D eigenvalue weighted by Gasteiger charge is -1.97. The van der Waals surface area contributed by atoms with Crippen molar-refractivity contribution >= 4 is 39.1 Å². The summed E-state index contributed by atoms with van der Waals surface area (Å²) in [6.45, 7) is 0. The van der Waals surface area contributed by atoms with Crippen molar-refractivity contribution in [2.45, 2.75) is 0 Å². The van der Waals surface area contributed by atoms with E-state index >= 15 is 0 Å².